The van der Waals surface area contributed by atoms with Gasteiger partial charge in [0.05, 0.1) is 26.4 Å². The third kappa shape index (κ3) is 2.60. The zero-order valence-corrected chi connectivity index (χ0v) is 11.2. The molecule has 2 rings (SSSR count). The van der Waals surface area contributed by atoms with E-state index in [9.17, 15) is 0 Å². The van der Waals surface area contributed by atoms with Gasteiger partial charge in [-0.2, -0.15) is 0 Å². The van der Waals surface area contributed by atoms with Gasteiger partial charge in [0.15, 0.2) is 0 Å². The highest BCUT2D eigenvalue weighted by molar-refractivity contribution is 5.58. The Kier molecular flexibility index (Phi) is 4.44. The Morgan fingerprint density at radius 2 is 2.33 bits per heavy atom. The van der Waals surface area contributed by atoms with Crippen molar-refractivity contribution in [1.29, 1.82) is 0 Å². The number of nitrogens with zero attached hydrogens (tertiary/aromatic N) is 1. The van der Waals surface area contributed by atoms with Crippen molar-refractivity contribution in [3.63, 3.8) is 0 Å². The fourth-order valence-electron chi connectivity index (χ4n) is 2.42. The number of rotatable bonds is 4. The topological polar surface area (TPSA) is 47.7 Å². The number of anilines is 1. The number of morpholine rings is 1. The Morgan fingerprint density at radius 3 is 3.00 bits per heavy atom. The van der Waals surface area contributed by atoms with E-state index >= 15 is 0 Å². The molecular weight excluding hydrogens is 228 g/mol. The average molecular weight is 250 g/mol. The zero-order chi connectivity index (χ0) is 13.0. The monoisotopic (exact) mass is 250 g/mol. The number of methoxy groups -OCH3 is 1. The molecule has 0 saturated carbocycles. The van der Waals surface area contributed by atoms with Crippen molar-refractivity contribution in [2.24, 2.45) is 5.73 Å². The molecule has 4 heteroatoms. The molecule has 0 aliphatic carbocycles. The summed E-state index contributed by atoms with van der Waals surface area (Å²) in [6.45, 7) is 5.22. The van der Waals surface area contributed by atoms with Crippen molar-refractivity contribution >= 4 is 5.69 Å². The number of ether oxygens (including phenoxy) is 2. The molecule has 1 atom stereocenters. The van der Waals surface area contributed by atoms with Crippen LogP contribution in [0, 0.1) is 0 Å². The van der Waals surface area contributed by atoms with E-state index in [1.54, 1.807) is 7.11 Å². The first-order chi connectivity index (χ1) is 8.80. The minimum Gasteiger partial charge on any atom is -0.497 e. The fraction of sp³-hybridized carbons (Fsp3) is 0.571. The highest BCUT2D eigenvalue weighted by Gasteiger charge is 2.23. The number of hydrogen-bond acceptors (Lipinski definition) is 4. The number of benzene rings is 1. The van der Waals surface area contributed by atoms with Crippen molar-refractivity contribution in [2.45, 2.75) is 25.9 Å². The summed E-state index contributed by atoms with van der Waals surface area (Å²) in [6, 6.07) is 6.52. The second-order valence-electron chi connectivity index (χ2n) is 4.53. The van der Waals surface area contributed by atoms with Gasteiger partial charge >= 0.3 is 0 Å². The lowest BCUT2D eigenvalue weighted by Crippen LogP contribution is -2.45. The molecule has 18 heavy (non-hydrogen) atoms. The molecule has 4 nitrogen and oxygen atoms in total. The van der Waals surface area contributed by atoms with Gasteiger partial charge in [-0.15, -0.1) is 0 Å². The summed E-state index contributed by atoms with van der Waals surface area (Å²) in [4.78, 5) is 2.40. The van der Waals surface area contributed by atoms with Gasteiger partial charge in [-0.25, -0.2) is 0 Å². The van der Waals surface area contributed by atoms with Crippen molar-refractivity contribution in [2.75, 3.05) is 31.8 Å². The molecule has 1 aromatic rings. The molecule has 0 aromatic heterocycles. The molecule has 1 saturated heterocycles. The van der Waals surface area contributed by atoms with E-state index in [1.807, 2.05) is 6.07 Å². The van der Waals surface area contributed by atoms with E-state index in [0.717, 1.165) is 37.5 Å². The van der Waals surface area contributed by atoms with Crippen LogP contribution < -0.4 is 15.4 Å². The van der Waals surface area contributed by atoms with Gasteiger partial charge in [0.25, 0.3) is 0 Å². The maximum Gasteiger partial charge on any atom is 0.120 e. The summed E-state index contributed by atoms with van der Waals surface area (Å²) < 4.78 is 10.9. The smallest absolute Gasteiger partial charge is 0.120 e. The van der Waals surface area contributed by atoms with E-state index in [1.165, 1.54) is 5.69 Å². The van der Waals surface area contributed by atoms with Crippen LogP contribution >= 0.6 is 0 Å². The lowest BCUT2D eigenvalue weighted by Gasteiger charge is -2.38. The summed E-state index contributed by atoms with van der Waals surface area (Å²) >= 11 is 0. The van der Waals surface area contributed by atoms with Crippen LogP contribution in [0.2, 0.25) is 0 Å². The average Bonchev–Trinajstić information content (AvgIpc) is 2.46. The van der Waals surface area contributed by atoms with Crippen LogP contribution in [-0.2, 0) is 11.3 Å². The molecule has 0 bridgehead atoms. The van der Waals surface area contributed by atoms with Crippen LogP contribution in [-0.4, -0.2) is 32.9 Å². The molecule has 1 aliphatic rings. The Morgan fingerprint density at radius 1 is 1.50 bits per heavy atom. The maximum atomic E-state index is 5.84. The van der Waals surface area contributed by atoms with Crippen molar-refractivity contribution < 1.29 is 9.47 Å². The van der Waals surface area contributed by atoms with Crippen LogP contribution in [0.5, 0.6) is 5.75 Å². The quantitative estimate of drug-likeness (QED) is 0.884. The Bertz CT molecular complexity index is 395. The van der Waals surface area contributed by atoms with Crippen LogP contribution in [0.4, 0.5) is 5.69 Å². The summed E-state index contributed by atoms with van der Waals surface area (Å²) in [5.74, 6) is 0.878. The fourth-order valence-corrected chi connectivity index (χ4v) is 2.42. The Balaban J connectivity index is 2.34. The highest BCUT2D eigenvalue weighted by Crippen LogP contribution is 2.29. The molecule has 1 unspecified atom stereocenters. The van der Waals surface area contributed by atoms with Crippen LogP contribution in [0.3, 0.4) is 0 Å². The first-order valence-corrected chi connectivity index (χ1v) is 6.51. The summed E-state index contributed by atoms with van der Waals surface area (Å²) in [6.07, 6.45) is 1.07. The molecule has 1 aliphatic heterocycles. The van der Waals surface area contributed by atoms with Crippen LogP contribution in [0.1, 0.15) is 18.9 Å². The Labute approximate surface area is 109 Å². The molecule has 0 amide bonds. The van der Waals surface area contributed by atoms with E-state index in [-0.39, 0.29) is 0 Å². The predicted octanol–water partition coefficient (Wildman–Crippen LogP) is 1.77. The van der Waals surface area contributed by atoms with Crippen molar-refractivity contribution in [1.82, 2.24) is 0 Å². The van der Waals surface area contributed by atoms with Gasteiger partial charge in [0, 0.05) is 24.8 Å². The lowest BCUT2D eigenvalue weighted by atomic mass is 10.1. The van der Waals surface area contributed by atoms with Gasteiger partial charge in [-0.05, 0) is 18.1 Å². The van der Waals surface area contributed by atoms with E-state index in [2.05, 4.69) is 24.0 Å². The molecule has 1 fully saturated rings. The molecule has 0 spiro atoms. The van der Waals surface area contributed by atoms with Crippen LogP contribution in [0.25, 0.3) is 0 Å². The van der Waals surface area contributed by atoms with Gasteiger partial charge in [0.2, 0.25) is 0 Å². The zero-order valence-electron chi connectivity index (χ0n) is 11.2. The van der Waals surface area contributed by atoms with Gasteiger partial charge in [0.1, 0.15) is 5.75 Å². The van der Waals surface area contributed by atoms with Gasteiger partial charge in [-0.3, -0.25) is 0 Å². The molecule has 1 heterocycles. The molecule has 1 aromatic carbocycles. The third-order valence-corrected chi connectivity index (χ3v) is 3.52. The summed E-state index contributed by atoms with van der Waals surface area (Å²) in [5, 5.41) is 0. The maximum absolute atomic E-state index is 5.84. The third-order valence-electron chi connectivity index (χ3n) is 3.52. The second-order valence-corrected chi connectivity index (χ2v) is 4.53. The normalized spacial score (nSPS) is 19.9. The summed E-state index contributed by atoms with van der Waals surface area (Å²) in [7, 11) is 1.69. The SMILES string of the molecule is CCC1COCCN1c1cc(OC)ccc1CN. The van der Waals surface area contributed by atoms with Crippen LogP contribution in [0.15, 0.2) is 18.2 Å². The lowest BCUT2D eigenvalue weighted by molar-refractivity contribution is 0.0929. The first-order valence-electron chi connectivity index (χ1n) is 6.51. The second kappa shape index (κ2) is 6.07. The molecule has 0 radical (unpaired) electrons. The molecule has 100 valence electrons. The van der Waals surface area contributed by atoms with Crippen molar-refractivity contribution in [3.05, 3.63) is 23.8 Å². The van der Waals surface area contributed by atoms with Gasteiger partial charge < -0.3 is 20.1 Å². The predicted molar refractivity (Wildman–Crippen MR) is 73.1 cm³/mol. The minimum absolute atomic E-state index is 0.427. The Hall–Kier alpha value is -1.26. The first kappa shape index (κ1) is 13.2. The number of hydrogen-bond donors (Lipinski definition) is 1. The highest BCUT2D eigenvalue weighted by atomic mass is 16.5. The van der Waals surface area contributed by atoms with E-state index in [4.69, 9.17) is 15.2 Å². The van der Waals surface area contributed by atoms with Crippen molar-refractivity contribution in [3.8, 4) is 5.75 Å². The van der Waals surface area contributed by atoms with Gasteiger partial charge in [-0.1, -0.05) is 13.0 Å². The standard InChI is InChI=1S/C14H22N2O2/c1-3-12-10-18-7-6-16(12)14-8-13(17-2)5-4-11(14)9-15/h4-5,8,12H,3,6-7,9-10,15H2,1-2H3. The van der Waals surface area contributed by atoms with E-state index in [0.29, 0.717) is 12.6 Å². The summed E-state index contributed by atoms with van der Waals surface area (Å²) in [5.41, 5.74) is 8.19. The van der Waals surface area contributed by atoms with E-state index < -0.39 is 0 Å². The number of nitrogens with two attached hydrogens (primary N) is 1. The minimum atomic E-state index is 0.427. The molecular formula is C14H22N2O2. The molecule has 2 N–H and O–H groups in total. The largest absolute Gasteiger partial charge is 0.497 e.